The number of rotatable bonds is 8. The summed E-state index contributed by atoms with van der Waals surface area (Å²) >= 11 is 0. The molecule has 0 radical (unpaired) electrons. The molecule has 2 aromatic heterocycles. The van der Waals surface area contributed by atoms with E-state index in [1.807, 2.05) is 36.4 Å². The average molecular weight is 456 g/mol. The van der Waals surface area contributed by atoms with Crippen molar-refractivity contribution >= 4 is 12.1 Å². The van der Waals surface area contributed by atoms with Gasteiger partial charge in [-0.25, -0.2) is 5.43 Å². The van der Waals surface area contributed by atoms with Gasteiger partial charge in [-0.1, -0.05) is 38.1 Å². The zero-order valence-electron chi connectivity index (χ0n) is 19.9. The minimum Gasteiger partial charge on any atom is -0.486 e. The summed E-state index contributed by atoms with van der Waals surface area (Å²) in [6, 6.07) is 23.5. The highest BCUT2D eigenvalue weighted by Gasteiger charge is 2.11. The molecule has 4 rings (SSSR count). The molecular weight excluding hydrogens is 426 g/mol. The van der Waals surface area contributed by atoms with Gasteiger partial charge in [-0.15, -0.1) is 0 Å². The fourth-order valence-electron chi connectivity index (χ4n) is 3.69. The Balaban J connectivity index is 1.29. The molecule has 6 heteroatoms. The predicted molar refractivity (Wildman–Crippen MR) is 134 cm³/mol. The second-order valence-electron chi connectivity index (χ2n) is 8.52. The zero-order valence-corrected chi connectivity index (χ0v) is 19.9. The van der Waals surface area contributed by atoms with Gasteiger partial charge in [0.2, 0.25) is 0 Å². The van der Waals surface area contributed by atoms with E-state index in [1.54, 1.807) is 18.3 Å². The third-order valence-corrected chi connectivity index (χ3v) is 5.62. The smallest absolute Gasteiger partial charge is 0.307 e. The first kappa shape index (κ1) is 23.1. The largest absolute Gasteiger partial charge is 0.486 e. The summed E-state index contributed by atoms with van der Waals surface area (Å²) in [4.78, 5) is 12.3. The molecule has 0 unspecified atom stereocenters. The number of benzene rings is 2. The molecule has 0 spiro atoms. The topological polar surface area (TPSA) is 68.8 Å². The lowest BCUT2D eigenvalue weighted by atomic mass is 10.0. The van der Waals surface area contributed by atoms with Crippen molar-refractivity contribution < 1.29 is 13.9 Å². The Morgan fingerprint density at radius 2 is 1.65 bits per heavy atom. The molecule has 0 saturated carbocycles. The van der Waals surface area contributed by atoms with Gasteiger partial charge >= 0.3 is 5.91 Å². The number of hydrogen-bond donors (Lipinski definition) is 1. The van der Waals surface area contributed by atoms with Crippen LogP contribution in [0, 0.1) is 13.8 Å². The van der Waals surface area contributed by atoms with Crippen LogP contribution in [-0.4, -0.2) is 16.7 Å². The van der Waals surface area contributed by atoms with Gasteiger partial charge < -0.3 is 13.7 Å². The molecular formula is C28H29N3O3. The zero-order chi connectivity index (χ0) is 24.1. The molecule has 174 valence electrons. The van der Waals surface area contributed by atoms with Crippen LogP contribution in [0.1, 0.15) is 58.6 Å². The van der Waals surface area contributed by atoms with Crippen molar-refractivity contribution in [3.8, 4) is 11.4 Å². The summed E-state index contributed by atoms with van der Waals surface area (Å²) in [7, 11) is 0. The predicted octanol–water partition coefficient (Wildman–Crippen LogP) is 6.15. The van der Waals surface area contributed by atoms with Gasteiger partial charge in [0, 0.05) is 17.1 Å². The Bertz CT molecular complexity index is 1260. The highest BCUT2D eigenvalue weighted by Crippen LogP contribution is 2.21. The standard InChI is InChI=1S/C28H29N3O3/c1-19(2)23-9-7-22(8-10-23)17-29-30-28(32)27-16-15-26(34-27)18-33-25-13-11-24(12-14-25)31-20(3)5-6-21(31)4/h5-17,19H,18H2,1-4H3,(H,30,32). The number of aryl methyl sites for hydroxylation is 2. The van der Waals surface area contributed by atoms with Crippen LogP contribution in [0.4, 0.5) is 0 Å². The number of hydrogen-bond acceptors (Lipinski definition) is 4. The molecule has 1 N–H and O–H groups in total. The first-order chi connectivity index (χ1) is 16.4. The molecule has 0 aliphatic heterocycles. The van der Waals surface area contributed by atoms with Gasteiger partial charge in [0.05, 0.1) is 6.21 Å². The van der Waals surface area contributed by atoms with E-state index in [2.05, 4.69) is 67.1 Å². The van der Waals surface area contributed by atoms with Crippen LogP contribution in [0.5, 0.6) is 5.75 Å². The van der Waals surface area contributed by atoms with E-state index in [4.69, 9.17) is 9.15 Å². The Hall–Kier alpha value is -4.06. The number of hydrazone groups is 1. The summed E-state index contributed by atoms with van der Waals surface area (Å²) in [6.45, 7) is 8.68. The van der Waals surface area contributed by atoms with E-state index in [0.29, 0.717) is 11.7 Å². The van der Waals surface area contributed by atoms with Crippen molar-refractivity contribution in [3.05, 3.63) is 107 Å². The second kappa shape index (κ2) is 10.3. The quantitative estimate of drug-likeness (QED) is 0.256. The summed E-state index contributed by atoms with van der Waals surface area (Å²) < 4.78 is 13.6. The Labute approximate surface area is 199 Å². The maximum Gasteiger partial charge on any atom is 0.307 e. The second-order valence-corrected chi connectivity index (χ2v) is 8.52. The normalized spacial score (nSPS) is 11.3. The van der Waals surface area contributed by atoms with E-state index in [-0.39, 0.29) is 12.4 Å². The Morgan fingerprint density at radius 1 is 0.971 bits per heavy atom. The molecule has 0 atom stereocenters. The number of amides is 1. The van der Waals surface area contributed by atoms with Crippen molar-refractivity contribution in [1.82, 2.24) is 9.99 Å². The molecule has 2 aromatic carbocycles. The number of carbonyl (C=O) groups is 1. The number of ether oxygens (including phenoxy) is 1. The summed E-state index contributed by atoms with van der Waals surface area (Å²) in [5, 5.41) is 4.02. The summed E-state index contributed by atoms with van der Waals surface area (Å²) in [6.07, 6.45) is 1.61. The van der Waals surface area contributed by atoms with E-state index < -0.39 is 5.91 Å². The van der Waals surface area contributed by atoms with Gasteiger partial charge in [-0.2, -0.15) is 5.10 Å². The minimum atomic E-state index is -0.414. The molecule has 1 amide bonds. The van der Waals surface area contributed by atoms with Crippen LogP contribution in [0.25, 0.3) is 5.69 Å². The van der Waals surface area contributed by atoms with Crippen LogP contribution < -0.4 is 10.2 Å². The molecule has 34 heavy (non-hydrogen) atoms. The molecule has 2 heterocycles. The lowest BCUT2D eigenvalue weighted by Crippen LogP contribution is -2.16. The fourth-order valence-corrected chi connectivity index (χ4v) is 3.69. The number of carbonyl (C=O) groups excluding carboxylic acids is 1. The van der Waals surface area contributed by atoms with E-state index in [9.17, 15) is 4.79 Å². The number of nitrogens with zero attached hydrogens (tertiary/aromatic N) is 2. The van der Waals surface area contributed by atoms with Crippen molar-refractivity contribution in [1.29, 1.82) is 0 Å². The highest BCUT2D eigenvalue weighted by atomic mass is 16.5. The van der Waals surface area contributed by atoms with Crippen molar-refractivity contribution in [2.24, 2.45) is 5.10 Å². The number of furan rings is 1. The van der Waals surface area contributed by atoms with Crippen LogP contribution >= 0.6 is 0 Å². The lowest BCUT2D eigenvalue weighted by molar-refractivity contribution is 0.0923. The highest BCUT2D eigenvalue weighted by molar-refractivity contribution is 5.92. The lowest BCUT2D eigenvalue weighted by Gasteiger charge is -2.10. The van der Waals surface area contributed by atoms with E-state index in [0.717, 1.165) is 17.0 Å². The Kier molecular flexibility index (Phi) is 6.97. The van der Waals surface area contributed by atoms with Crippen LogP contribution in [-0.2, 0) is 6.61 Å². The van der Waals surface area contributed by atoms with Gasteiger partial charge in [0.1, 0.15) is 18.1 Å². The first-order valence-electron chi connectivity index (χ1n) is 11.3. The maximum atomic E-state index is 12.3. The molecule has 4 aromatic rings. The van der Waals surface area contributed by atoms with Crippen molar-refractivity contribution in [2.45, 2.75) is 40.2 Å². The third-order valence-electron chi connectivity index (χ3n) is 5.62. The summed E-state index contributed by atoms with van der Waals surface area (Å²) in [5.74, 6) is 1.52. The van der Waals surface area contributed by atoms with Crippen molar-refractivity contribution in [3.63, 3.8) is 0 Å². The van der Waals surface area contributed by atoms with Crippen molar-refractivity contribution in [2.75, 3.05) is 0 Å². The Morgan fingerprint density at radius 3 is 2.29 bits per heavy atom. The summed E-state index contributed by atoms with van der Waals surface area (Å²) in [5.41, 5.74) is 8.11. The van der Waals surface area contributed by atoms with E-state index >= 15 is 0 Å². The molecule has 0 aliphatic carbocycles. The van der Waals surface area contributed by atoms with Crippen LogP contribution in [0.3, 0.4) is 0 Å². The molecule has 6 nitrogen and oxygen atoms in total. The van der Waals surface area contributed by atoms with Crippen LogP contribution in [0.15, 0.2) is 82.3 Å². The third kappa shape index (κ3) is 5.46. The SMILES string of the molecule is Cc1ccc(C)n1-c1ccc(OCc2ccc(C(=O)NN=Cc3ccc(C(C)C)cc3)o2)cc1. The monoisotopic (exact) mass is 455 g/mol. The van der Waals surface area contributed by atoms with Crippen LogP contribution in [0.2, 0.25) is 0 Å². The number of aromatic nitrogens is 1. The maximum absolute atomic E-state index is 12.3. The number of nitrogens with one attached hydrogen (secondary N) is 1. The molecule has 0 saturated heterocycles. The first-order valence-corrected chi connectivity index (χ1v) is 11.3. The molecule has 0 fully saturated rings. The minimum absolute atomic E-state index is 0.180. The molecule has 0 aliphatic rings. The van der Waals surface area contributed by atoms with Gasteiger partial charge in [-0.05, 0) is 79.4 Å². The van der Waals surface area contributed by atoms with Gasteiger partial charge in [0.25, 0.3) is 0 Å². The van der Waals surface area contributed by atoms with Gasteiger partial charge in [0.15, 0.2) is 5.76 Å². The molecule has 0 bridgehead atoms. The average Bonchev–Trinajstić information content (AvgIpc) is 3.45. The van der Waals surface area contributed by atoms with E-state index in [1.165, 1.54) is 17.0 Å². The van der Waals surface area contributed by atoms with Gasteiger partial charge in [-0.3, -0.25) is 4.79 Å². The fraction of sp³-hybridized carbons (Fsp3) is 0.214.